The van der Waals surface area contributed by atoms with Crippen molar-refractivity contribution in [1.29, 1.82) is 0 Å². The van der Waals surface area contributed by atoms with Gasteiger partial charge in [-0.15, -0.1) is 0 Å². The van der Waals surface area contributed by atoms with Gasteiger partial charge >= 0.3 is 6.09 Å². The van der Waals surface area contributed by atoms with Crippen molar-refractivity contribution < 1.29 is 14.3 Å². The van der Waals surface area contributed by atoms with E-state index in [0.29, 0.717) is 26.2 Å². The fourth-order valence-corrected chi connectivity index (χ4v) is 2.49. The summed E-state index contributed by atoms with van der Waals surface area (Å²) < 4.78 is 10.6. The molecule has 0 aliphatic heterocycles. The summed E-state index contributed by atoms with van der Waals surface area (Å²) in [4.78, 5) is 14.0. The van der Waals surface area contributed by atoms with Crippen LogP contribution in [0.5, 0.6) is 0 Å². The maximum absolute atomic E-state index is 12.3. The predicted octanol–water partition coefficient (Wildman–Crippen LogP) is 3.92. The molecule has 0 saturated heterocycles. The molecule has 0 aliphatic rings. The number of aryl methyl sites for hydroxylation is 1. The van der Waals surface area contributed by atoms with Gasteiger partial charge < -0.3 is 19.7 Å². The third-order valence-electron chi connectivity index (χ3n) is 3.88. The summed E-state index contributed by atoms with van der Waals surface area (Å²) in [5.41, 5.74) is 2.03. The van der Waals surface area contributed by atoms with Gasteiger partial charge in [0.1, 0.15) is 5.60 Å². The van der Waals surface area contributed by atoms with Crippen LogP contribution in [-0.2, 0) is 9.47 Å². The van der Waals surface area contributed by atoms with Crippen LogP contribution in [0.1, 0.15) is 51.3 Å². The zero-order valence-corrected chi connectivity index (χ0v) is 16.6. The molecule has 5 nitrogen and oxygen atoms in total. The van der Waals surface area contributed by atoms with E-state index in [4.69, 9.17) is 9.47 Å². The third-order valence-corrected chi connectivity index (χ3v) is 3.88. The van der Waals surface area contributed by atoms with E-state index in [-0.39, 0.29) is 12.1 Å². The molecule has 0 radical (unpaired) electrons. The van der Waals surface area contributed by atoms with Crippen molar-refractivity contribution in [2.75, 3.05) is 33.4 Å². The van der Waals surface area contributed by atoms with Gasteiger partial charge in [-0.25, -0.2) is 4.79 Å². The Balaban J connectivity index is 2.59. The zero-order valence-electron chi connectivity index (χ0n) is 16.6. The molecule has 1 aromatic rings. The van der Waals surface area contributed by atoms with Crippen LogP contribution in [-0.4, -0.2) is 49.9 Å². The Kier molecular flexibility index (Phi) is 8.93. The number of carbonyl (C=O) groups is 1. The molecule has 0 heterocycles. The molecular formula is C20H34N2O3. The Morgan fingerprint density at radius 1 is 1.20 bits per heavy atom. The molecule has 0 fully saturated rings. The van der Waals surface area contributed by atoms with Crippen molar-refractivity contribution in [3.8, 4) is 0 Å². The first kappa shape index (κ1) is 21.5. The van der Waals surface area contributed by atoms with Gasteiger partial charge in [-0.05, 0) is 39.7 Å². The van der Waals surface area contributed by atoms with E-state index in [1.807, 2.05) is 20.8 Å². The molecule has 1 unspecified atom stereocenters. The lowest BCUT2D eigenvalue weighted by molar-refractivity contribution is 0.0203. The minimum Gasteiger partial charge on any atom is -0.444 e. The first-order valence-corrected chi connectivity index (χ1v) is 9.03. The van der Waals surface area contributed by atoms with E-state index in [1.54, 1.807) is 12.0 Å². The second-order valence-corrected chi connectivity index (χ2v) is 7.29. The average molecular weight is 351 g/mol. The molecule has 1 rings (SSSR count). The highest BCUT2D eigenvalue weighted by atomic mass is 16.6. The summed E-state index contributed by atoms with van der Waals surface area (Å²) in [7, 11) is 1.63. The number of benzene rings is 1. The zero-order chi connectivity index (χ0) is 18.9. The summed E-state index contributed by atoms with van der Waals surface area (Å²) in [5, 5.41) is 3.54. The maximum Gasteiger partial charge on any atom is 0.410 e. The second kappa shape index (κ2) is 10.4. The molecule has 1 aromatic carbocycles. The topological polar surface area (TPSA) is 50.8 Å². The summed E-state index contributed by atoms with van der Waals surface area (Å²) in [6.45, 7) is 12.2. The first-order chi connectivity index (χ1) is 11.8. The predicted molar refractivity (Wildman–Crippen MR) is 102 cm³/mol. The molecule has 5 heteroatoms. The van der Waals surface area contributed by atoms with Crippen molar-refractivity contribution in [2.24, 2.45) is 0 Å². The SMILES string of the molecule is CCC(NCCN(CCOC)C(=O)OC(C)(C)C)c1ccc(C)cc1. The van der Waals surface area contributed by atoms with Gasteiger partial charge in [0.15, 0.2) is 0 Å². The number of nitrogens with one attached hydrogen (secondary N) is 1. The van der Waals surface area contributed by atoms with E-state index < -0.39 is 5.60 Å². The van der Waals surface area contributed by atoms with Gasteiger partial charge in [0, 0.05) is 32.8 Å². The number of methoxy groups -OCH3 is 1. The van der Waals surface area contributed by atoms with E-state index in [2.05, 4.69) is 43.4 Å². The van der Waals surface area contributed by atoms with Gasteiger partial charge in [0.25, 0.3) is 0 Å². The van der Waals surface area contributed by atoms with Crippen LogP contribution in [0.3, 0.4) is 0 Å². The summed E-state index contributed by atoms with van der Waals surface area (Å²) in [6.07, 6.45) is 0.697. The monoisotopic (exact) mass is 350 g/mol. The first-order valence-electron chi connectivity index (χ1n) is 9.03. The third kappa shape index (κ3) is 8.36. The fourth-order valence-electron chi connectivity index (χ4n) is 2.49. The van der Waals surface area contributed by atoms with Gasteiger partial charge in [-0.2, -0.15) is 0 Å². The van der Waals surface area contributed by atoms with Crippen LogP contribution in [0.2, 0.25) is 0 Å². The van der Waals surface area contributed by atoms with Crippen LogP contribution in [0.4, 0.5) is 4.79 Å². The molecule has 0 bridgehead atoms. The van der Waals surface area contributed by atoms with Crippen molar-refractivity contribution in [2.45, 2.75) is 52.7 Å². The van der Waals surface area contributed by atoms with E-state index in [9.17, 15) is 4.79 Å². The molecule has 0 aromatic heterocycles. The van der Waals surface area contributed by atoms with Crippen molar-refractivity contribution in [3.63, 3.8) is 0 Å². The number of hydrogen-bond acceptors (Lipinski definition) is 4. The molecular weight excluding hydrogens is 316 g/mol. The number of ether oxygens (including phenoxy) is 2. The molecule has 1 amide bonds. The Morgan fingerprint density at radius 2 is 1.84 bits per heavy atom. The molecule has 142 valence electrons. The number of hydrogen-bond donors (Lipinski definition) is 1. The van der Waals surface area contributed by atoms with Crippen molar-refractivity contribution >= 4 is 6.09 Å². The number of nitrogens with zero attached hydrogens (tertiary/aromatic N) is 1. The maximum atomic E-state index is 12.3. The lowest BCUT2D eigenvalue weighted by atomic mass is 10.0. The highest BCUT2D eigenvalue weighted by Gasteiger charge is 2.22. The second-order valence-electron chi connectivity index (χ2n) is 7.29. The molecule has 1 atom stereocenters. The average Bonchev–Trinajstić information content (AvgIpc) is 2.53. The van der Waals surface area contributed by atoms with E-state index in [0.717, 1.165) is 6.42 Å². The Bertz CT molecular complexity index is 509. The van der Waals surface area contributed by atoms with Crippen LogP contribution >= 0.6 is 0 Å². The summed E-state index contributed by atoms with van der Waals surface area (Å²) >= 11 is 0. The van der Waals surface area contributed by atoms with E-state index >= 15 is 0 Å². The quantitative estimate of drug-likeness (QED) is 0.733. The van der Waals surface area contributed by atoms with Crippen LogP contribution in [0.15, 0.2) is 24.3 Å². The minimum atomic E-state index is -0.496. The van der Waals surface area contributed by atoms with Gasteiger partial charge in [0.05, 0.1) is 6.61 Å². The normalized spacial score (nSPS) is 12.7. The van der Waals surface area contributed by atoms with Crippen molar-refractivity contribution in [3.05, 3.63) is 35.4 Å². The number of carbonyl (C=O) groups excluding carboxylic acids is 1. The largest absolute Gasteiger partial charge is 0.444 e. The molecule has 0 aliphatic carbocycles. The molecule has 0 saturated carbocycles. The van der Waals surface area contributed by atoms with Gasteiger partial charge in [-0.3, -0.25) is 0 Å². The highest BCUT2D eigenvalue weighted by Crippen LogP contribution is 2.17. The Morgan fingerprint density at radius 3 is 2.36 bits per heavy atom. The summed E-state index contributed by atoms with van der Waals surface area (Å²) in [6, 6.07) is 8.86. The van der Waals surface area contributed by atoms with Crippen LogP contribution in [0, 0.1) is 6.92 Å². The summed E-state index contributed by atoms with van der Waals surface area (Å²) in [5.74, 6) is 0. The van der Waals surface area contributed by atoms with Gasteiger partial charge in [0.2, 0.25) is 0 Å². The van der Waals surface area contributed by atoms with Gasteiger partial charge in [-0.1, -0.05) is 36.8 Å². The lowest BCUT2D eigenvalue weighted by Crippen LogP contribution is -2.42. The van der Waals surface area contributed by atoms with Crippen LogP contribution in [0.25, 0.3) is 0 Å². The van der Waals surface area contributed by atoms with Crippen LogP contribution < -0.4 is 5.32 Å². The molecule has 1 N–H and O–H groups in total. The van der Waals surface area contributed by atoms with Crippen molar-refractivity contribution in [1.82, 2.24) is 10.2 Å². The molecule has 0 spiro atoms. The van der Waals surface area contributed by atoms with E-state index in [1.165, 1.54) is 11.1 Å². The fraction of sp³-hybridized carbons (Fsp3) is 0.650. The number of rotatable bonds is 9. The highest BCUT2D eigenvalue weighted by molar-refractivity contribution is 5.68. The lowest BCUT2D eigenvalue weighted by Gasteiger charge is -2.28. The Hall–Kier alpha value is -1.59. The number of amides is 1. The Labute approximate surface area is 152 Å². The smallest absolute Gasteiger partial charge is 0.410 e. The standard InChI is InChI=1S/C20H34N2O3/c1-7-18(17-10-8-16(2)9-11-17)21-12-13-22(14-15-24-6)19(23)25-20(3,4)5/h8-11,18,21H,7,12-15H2,1-6H3. The minimum absolute atomic E-state index is 0.281. The molecule has 25 heavy (non-hydrogen) atoms.